The van der Waals surface area contributed by atoms with Crippen molar-refractivity contribution in [2.24, 2.45) is 0 Å². The van der Waals surface area contributed by atoms with Crippen molar-refractivity contribution in [2.75, 3.05) is 0 Å². The van der Waals surface area contributed by atoms with E-state index in [0.29, 0.717) is 5.56 Å². The molecule has 27 heavy (non-hydrogen) atoms. The smallest absolute Gasteiger partial charge is 0.269 e. The first-order valence-electron chi connectivity index (χ1n) is 8.31. The van der Waals surface area contributed by atoms with Gasteiger partial charge in [0.25, 0.3) is 11.8 Å². The maximum Gasteiger partial charge on any atom is 0.269 e. The van der Waals surface area contributed by atoms with E-state index >= 15 is 0 Å². The number of nitrogens with one attached hydrogen (secondary N) is 1. The molecular weight excluding hydrogens is 430 g/mol. The van der Waals surface area contributed by atoms with Crippen LogP contribution in [-0.4, -0.2) is 26.8 Å². The molecule has 1 saturated heterocycles. The summed E-state index contributed by atoms with van der Waals surface area (Å²) in [5.41, 5.74) is 4.95. The Labute approximate surface area is 169 Å². The summed E-state index contributed by atoms with van der Waals surface area (Å²) in [6.45, 7) is 0. The normalized spacial score (nSPS) is 18.9. The number of carbonyl (C=O) groups excluding carboxylic acids is 2. The quantitative estimate of drug-likeness (QED) is 0.487. The fourth-order valence-corrected chi connectivity index (χ4v) is 3.65. The second-order valence-corrected chi connectivity index (χ2v) is 7.57. The van der Waals surface area contributed by atoms with Gasteiger partial charge in [0.1, 0.15) is 11.4 Å². The third kappa shape index (κ3) is 3.38. The molecule has 1 aliphatic heterocycles. The third-order valence-corrected chi connectivity index (χ3v) is 5.45. The molecule has 1 N–H and O–H groups in total. The highest BCUT2D eigenvalue weighted by Crippen LogP contribution is 2.37. The first-order chi connectivity index (χ1) is 13.0. The zero-order valence-corrected chi connectivity index (χ0v) is 16.4. The lowest BCUT2D eigenvalue weighted by Gasteiger charge is -2.43. The van der Waals surface area contributed by atoms with Crippen molar-refractivity contribution in [3.8, 4) is 5.69 Å². The van der Waals surface area contributed by atoms with E-state index in [2.05, 4.69) is 21.4 Å². The highest BCUT2D eigenvalue weighted by molar-refractivity contribution is 9.10. The summed E-state index contributed by atoms with van der Waals surface area (Å²) in [4.78, 5) is 24.7. The fraction of sp³-hybridized carbons (Fsp3) is 0.100. The maximum absolute atomic E-state index is 12.6. The van der Waals surface area contributed by atoms with Crippen molar-refractivity contribution < 1.29 is 9.59 Å². The molecular formula is C20H15BrClN3O2. The second kappa shape index (κ2) is 7.21. The second-order valence-electron chi connectivity index (χ2n) is 6.18. The van der Waals surface area contributed by atoms with Gasteiger partial charge < -0.3 is 4.57 Å². The lowest BCUT2D eigenvalue weighted by molar-refractivity contribution is -0.149. The molecule has 0 radical (unpaired) electrons. The van der Waals surface area contributed by atoms with Gasteiger partial charge in [-0.2, -0.15) is 0 Å². The zero-order chi connectivity index (χ0) is 19.0. The summed E-state index contributed by atoms with van der Waals surface area (Å²) < 4.78 is 2.88. The van der Waals surface area contributed by atoms with Crippen LogP contribution >= 0.6 is 27.5 Å². The predicted octanol–water partition coefficient (Wildman–Crippen LogP) is 4.08. The topological polar surface area (TPSA) is 54.3 Å². The summed E-state index contributed by atoms with van der Waals surface area (Å²) in [6.07, 6.45) is 3.86. The van der Waals surface area contributed by atoms with Crippen LogP contribution in [0.25, 0.3) is 5.69 Å². The van der Waals surface area contributed by atoms with Gasteiger partial charge in [0.15, 0.2) is 0 Å². The summed E-state index contributed by atoms with van der Waals surface area (Å²) in [6, 6.07) is 18.1. The summed E-state index contributed by atoms with van der Waals surface area (Å²) >= 11 is 9.57. The number of nitrogens with zero attached hydrogens (tertiary/aromatic N) is 2. The molecule has 0 saturated carbocycles. The van der Waals surface area contributed by atoms with Crippen LogP contribution in [0.2, 0.25) is 0 Å². The number of carbonyl (C=O) groups is 2. The monoisotopic (exact) mass is 443 g/mol. The van der Waals surface area contributed by atoms with E-state index in [1.807, 2.05) is 65.5 Å². The summed E-state index contributed by atoms with van der Waals surface area (Å²) in [7, 11) is 0. The van der Waals surface area contributed by atoms with Crippen LogP contribution in [0.4, 0.5) is 0 Å². The fourth-order valence-electron chi connectivity index (χ4n) is 3.02. The van der Waals surface area contributed by atoms with Gasteiger partial charge >= 0.3 is 0 Å². The zero-order valence-electron chi connectivity index (χ0n) is 14.0. The molecule has 2 amide bonds. The van der Waals surface area contributed by atoms with Gasteiger partial charge in [-0.25, -0.2) is 5.01 Å². The van der Waals surface area contributed by atoms with Crippen LogP contribution in [0.15, 0.2) is 77.5 Å². The van der Waals surface area contributed by atoms with E-state index in [9.17, 15) is 9.59 Å². The van der Waals surface area contributed by atoms with Crippen LogP contribution < -0.4 is 5.43 Å². The van der Waals surface area contributed by atoms with Crippen molar-refractivity contribution in [2.45, 2.75) is 11.4 Å². The maximum atomic E-state index is 12.6. The van der Waals surface area contributed by atoms with Gasteiger partial charge in [0.2, 0.25) is 0 Å². The van der Waals surface area contributed by atoms with E-state index in [1.165, 1.54) is 5.01 Å². The van der Waals surface area contributed by atoms with Crippen molar-refractivity contribution >= 4 is 39.3 Å². The Hall–Kier alpha value is -2.57. The van der Waals surface area contributed by atoms with Crippen LogP contribution in [0, 0.1) is 0 Å². The Morgan fingerprint density at radius 1 is 1.00 bits per heavy atom. The van der Waals surface area contributed by atoms with E-state index in [4.69, 9.17) is 11.6 Å². The highest BCUT2D eigenvalue weighted by atomic mass is 79.9. The van der Waals surface area contributed by atoms with E-state index in [0.717, 1.165) is 15.7 Å². The molecule has 0 aliphatic carbocycles. The van der Waals surface area contributed by atoms with Crippen molar-refractivity contribution in [3.05, 3.63) is 88.7 Å². The lowest BCUT2D eigenvalue weighted by atomic mass is 9.95. The van der Waals surface area contributed by atoms with Crippen LogP contribution in [-0.2, 0) is 4.79 Å². The van der Waals surface area contributed by atoms with E-state index in [-0.39, 0.29) is 11.8 Å². The molecule has 1 fully saturated rings. The largest absolute Gasteiger partial charge is 0.324 e. The minimum atomic E-state index is -0.692. The minimum absolute atomic E-state index is 0.318. The van der Waals surface area contributed by atoms with Gasteiger partial charge in [-0.3, -0.25) is 15.0 Å². The molecule has 2 unspecified atom stereocenters. The van der Waals surface area contributed by atoms with Gasteiger partial charge in [-0.15, -0.1) is 11.6 Å². The van der Waals surface area contributed by atoms with E-state index in [1.54, 1.807) is 12.1 Å². The summed E-state index contributed by atoms with van der Waals surface area (Å²) in [5.74, 6) is -0.671. The molecule has 4 rings (SSSR count). The molecule has 1 aliphatic rings. The number of hydrogen-bond acceptors (Lipinski definition) is 2. The Kier molecular flexibility index (Phi) is 4.76. The van der Waals surface area contributed by atoms with Gasteiger partial charge in [0, 0.05) is 28.1 Å². The number of hydrazine groups is 1. The molecule has 2 atom stereocenters. The van der Waals surface area contributed by atoms with Gasteiger partial charge in [-0.05, 0) is 54.1 Å². The molecule has 7 heteroatoms. The Bertz CT molecular complexity index is 971. The van der Waals surface area contributed by atoms with Crippen molar-refractivity contribution in [1.82, 2.24) is 15.0 Å². The van der Waals surface area contributed by atoms with Crippen LogP contribution in [0.1, 0.15) is 22.0 Å². The number of β-lactam (4-membered cyclic amide) rings is 1. The number of rotatable bonds is 4. The number of amides is 2. The Morgan fingerprint density at radius 3 is 2.26 bits per heavy atom. The first-order valence-corrected chi connectivity index (χ1v) is 9.54. The Morgan fingerprint density at radius 2 is 1.63 bits per heavy atom. The third-order valence-electron chi connectivity index (χ3n) is 4.49. The molecule has 2 heterocycles. The average molecular weight is 445 g/mol. The lowest BCUT2D eigenvalue weighted by Crippen LogP contribution is -2.63. The van der Waals surface area contributed by atoms with Crippen molar-refractivity contribution in [3.63, 3.8) is 0 Å². The molecule has 5 nitrogen and oxygen atoms in total. The van der Waals surface area contributed by atoms with E-state index < -0.39 is 11.4 Å². The number of aromatic nitrogens is 1. The SMILES string of the molecule is O=C(NN1C(=O)C(Cl)C1c1ccc(Br)cc1)c1ccc(-n2cccc2)cc1. The first kappa shape index (κ1) is 17.8. The number of halogens is 2. The van der Waals surface area contributed by atoms with Gasteiger partial charge in [-0.1, -0.05) is 28.1 Å². The van der Waals surface area contributed by atoms with Crippen LogP contribution in [0.3, 0.4) is 0 Å². The molecule has 3 aromatic rings. The molecule has 136 valence electrons. The molecule has 0 bridgehead atoms. The summed E-state index contributed by atoms with van der Waals surface area (Å²) in [5, 5.41) is 0.603. The Balaban J connectivity index is 1.49. The van der Waals surface area contributed by atoms with Crippen molar-refractivity contribution in [1.29, 1.82) is 0 Å². The average Bonchev–Trinajstić information content (AvgIpc) is 3.23. The number of alkyl halides is 1. The minimum Gasteiger partial charge on any atom is -0.324 e. The molecule has 2 aromatic carbocycles. The standard InChI is InChI=1S/C20H15BrClN3O2/c21-15-7-3-13(4-8-15)18-17(22)20(27)25(18)23-19(26)14-5-9-16(10-6-14)24-11-1-2-12-24/h1-12,17-18H,(H,23,26). The number of benzene rings is 2. The van der Waals surface area contributed by atoms with Crippen LogP contribution in [0.5, 0.6) is 0 Å². The molecule has 1 aromatic heterocycles. The highest BCUT2D eigenvalue weighted by Gasteiger charge is 2.48. The number of hydrogen-bond donors (Lipinski definition) is 1. The predicted molar refractivity (Wildman–Crippen MR) is 107 cm³/mol. The van der Waals surface area contributed by atoms with Gasteiger partial charge in [0.05, 0.1) is 0 Å². The molecule has 0 spiro atoms.